The molecule has 2 amide bonds. The number of carbonyl (C=O) groups excluding carboxylic acids is 2. The van der Waals surface area contributed by atoms with Crippen LogP contribution in [-0.2, 0) is 27.3 Å². The minimum atomic E-state index is -1.47. The Labute approximate surface area is 230 Å². The third kappa shape index (κ3) is 14.4. The summed E-state index contributed by atoms with van der Waals surface area (Å²) in [6.07, 6.45) is 2.14. The number of nitrogens with two attached hydrogens (primary N) is 2. The minimum absolute atomic E-state index is 0.0538. The van der Waals surface area contributed by atoms with Crippen LogP contribution >= 0.6 is 11.3 Å². The third-order valence-corrected chi connectivity index (χ3v) is 5.91. The van der Waals surface area contributed by atoms with Crippen LogP contribution in [0, 0.1) is 0 Å². The summed E-state index contributed by atoms with van der Waals surface area (Å²) in [7, 11) is 1.62. The molecule has 208 valence electrons. The van der Waals surface area contributed by atoms with E-state index in [-0.39, 0.29) is 12.5 Å². The lowest BCUT2D eigenvalue weighted by atomic mass is 10.2. The fourth-order valence-corrected chi connectivity index (χ4v) is 4.00. The van der Waals surface area contributed by atoms with Gasteiger partial charge in [0.1, 0.15) is 12.4 Å². The van der Waals surface area contributed by atoms with E-state index in [4.69, 9.17) is 15.6 Å². The van der Waals surface area contributed by atoms with E-state index in [1.807, 2.05) is 73.8 Å². The molecule has 0 radical (unpaired) electrons. The van der Waals surface area contributed by atoms with Gasteiger partial charge in [-0.1, -0.05) is 62.7 Å². The molecule has 10 nitrogen and oxygen atoms in total. The average Bonchev–Trinajstić information content (AvgIpc) is 3.40. The van der Waals surface area contributed by atoms with E-state index in [1.165, 1.54) is 11.3 Å². The van der Waals surface area contributed by atoms with Gasteiger partial charge in [-0.05, 0) is 30.5 Å². The number of rotatable bonds is 12. The molecule has 0 bridgehead atoms. The van der Waals surface area contributed by atoms with E-state index in [1.54, 1.807) is 7.11 Å². The Hall–Kier alpha value is -3.32. The molecule has 3 rings (SSSR count). The summed E-state index contributed by atoms with van der Waals surface area (Å²) in [5.74, 6) is 0.714. The molecule has 1 atom stereocenters. The van der Waals surface area contributed by atoms with E-state index in [0.717, 1.165) is 41.8 Å². The third-order valence-electron chi connectivity index (χ3n) is 4.66. The second-order valence-corrected chi connectivity index (χ2v) is 9.16. The van der Waals surface area contributed by atoms with E-state index in [9.17, 15) is 13.8 Å². The molecule has 0 saturated heterocycles. The molecular weight excluding hydrogens is 526 g/mol. The molecule has 1 aromatic heterocycles. The van der Waals surface area contributed by atoms with Crippen LogP contribution in [0.2, 0.25) is 0 Å². The zero-order valence-corrected chi connectivity index (χ0v) is 23.6. The number of ether oxygens (including phenoxy) is 2. The average molecular weight is 564 g/mol. The van der Waals surface area contributed by atoms with E-state index < -0.39 is 17.3 Å². The van der Waals surface area contributed by atoms with Gasteiger partial charge in [0, 0.05) is 23.9 Å². The summed E-state index contributed by atoms with van der Waals surface area (Å²) in [5.41, 5.74) is 7.47. The molecular formula is C26H37N5O5S2. The Morgan fingerprint density at radius 3 is 2.45 bits per heavy atom. The van der Waals surface area contributed by atoms with Gasteiger partial charge in [-0.15, -0.1) is 11.3 Å². The van der Waals surface area contributed by atoms with Crippen molar-refractivity contribution in [3.05, 3.63) is 65.5 Å². The van der Waals surface area contributed by atoms with Crippen LogP contribution in [0.15, 0.2) is 60.0 Å². The topological polar surface area (TPSA) is 159 Å². The first-order valence-corrected chi connectivity index (χ1v) is 14.2. The second-order valence-electron chi connectivity index (χ2n) is 7.41. The lowest BCUT2D eigenvalue weighted by Gasteiger charge is -2.03. The minimum Gasteiger partial charge on any atom is -0.497 e. The van der Waals surface area contributed by atoms with Crippen molar-refractivity contribution >= 4 is 39.6 Å². The lowest BCUT2D eigenvalue weighted by Crippen LogP contribution is -2.24. The van der Waals surface area contributed by atoms with Gasteiger partial charge in [0.05, 0.1) is 12.8 Å². The predicted molar refractivity (Wildman–Crippen MR) is 154 cm³/mol. The number of hydrogen-bond acceptors (Lipinski definition) is 7. The maximum Gasteiger partial charge on any atom is 0.404 e. The number of benzene rings is 2. The molecule has 0 aliphatic carbocycles. The Kier molecular flexibility index (Phi) is 17.0. The number of hydrogen-bond donors (Lipinski definition) is 4. The number of aromatic nitrogens is 1. The number of thiazole rings is 1. The summed E-state index contributed by atoms with van der Waals surface area (Å²) in [5, 5.41) is 10.4. The summed E-state index contributed by atoms with van der Waals surface area (Å²) in [6, 6.07) is 17.0. The van der Waals surface area contributed by atoms with Gasteiger partial charge in [-0.3, -0.25) is 4.79 Å². The van der Waals surface area contributed by atoms with Gasteiger partial charge < -0.3 is 20.5 Å². The van der Waals surface area contributed by atoms with Crippen LogP contribution < -0.4 is 25.6 Å². The summed E-state index contributed by atoms with van der Waals surface area (Å²) in [6.45, 7) is 4.83. The maximum absolute atomic E-state index is 12.0. The zero-order valence-electron chi connectivity index (χ0n) is 22.0. The van der Waals surface area contributed by atoms with Gasteiger partial charge in [0.15, 0.2) is 16.3 Å². The Balaban J connectivity index is 0.000000463. The molecule has 0 spiro atoms. The predicted octanol–water partition coefficient (Wildman–Crippen LogP) is 4.75. The molecule has 1 heterocycles. The maximum atomic E-state index is 12.0. The quantitative estimate of drug-likeness (QED) is 0.233. The van der Waals surface area contributed by atoms with Gasteiger partial charge in [0.2, 0.25) is 5.91 Å². The first kappa shape index (κ1) is 32.7. The monoisotopic (exact) mass is 563 g/mol. The standard InChI is InChI=1S/C16H22N4O3S2.C8H9NO2.C2H6/c1-23-13-7-5-6-12(10-13)14-11-24-16(19-14)20-15(21)8-3-2-4-9-18-25(17)22;9-8(10)11-6-7-4-2-1-3-5-7;1-2/h5-7,10-11,18H,2-4,8-9,17H2,1H3,(H,19,20,21);1-5H,6H2,(H2,9,10);1-2H3. The fraction of sp³-hybridized carbons (Fsp3) is 0.346. The molecule has 1 unspecified atom stereocenters. The van der Waals surface area contributed by atoms with Crippen molar-refractivity contribution in [3.8, 4) is 17.0 Å². The molecule has 0 aliphatic heterocycles. The molecule has 3 aromatic rings. The smallest absolute Gasteiger partial charge is 0.404 e. The first-order valence-electron chi connectivity index (χ1n) is 12.1. The van der Waals surface area contributed by atoms with E-state index in [2.05, 4.69) is 19.8 Å². The number of nitrogens with zero attached hydrogens (tertiary/aromatic N) is 1. The highest BCUT2D eigenvalue weighted by atomic mass is 32.2. The van der Waals surface area contributed by atoms with Crippen LogP contribution in [0.5, 0.6) is 5.75 Å². The summed E-state index contributed by atoms with van der Waals surface area (Å²) < 4.78 is 23.0. The summed E-state index contributed by atoms with van der Waals surface area (Å²) in [4.78, 5) is 26.6. The number of primary amides is 1. The SMILES string of the molecule is CC.COc1cccc(-c2csc(NC(=O)CCCCCNS(N)=O)n2)c1.NC(=O)OCc1ccccc1. The van der Waals surface area contributed by atoms with Crippen molar-refractivity contribution in [1.82, 2.24) is 9.71 Å². The van der Waals surface area contributed by atoms with Crippen molar-refractivity contribution in [3.63, 3.8) is 0 Å². The largest absolute Gasteiger partial charge is 0.497 e. The lowest BCUT2D eigenvalue weighted by molar-refractivity contribution is -0.116. The van der Waals surface area contributed by atoms with Crippen molar-refractivity contribution in [2.24, 2.45) is 10.9 Å². The molecule has 0 saturated carbocycles. The highest BCUT2D eigenvalue weighted by Gasteiger charge is 2.08. The van der Waals surface area contributed by atoms with Crippen LogP contribution in [0.4, 0.5) is 9.93 Å². The first-order chi connectivity index (χ1) is 18.4. The van der Waals surface area contributed by atoms with Crippen molar-refractivity contribution < 1.29 is 23.3 Å². The highest BCUT2D eigenvalue weighted by molar-refractivity contribution is 7.80. The Morgan fingerprint density at radius 1 is 1.05 bits per heavy atom. The molecule has 38 heavy (non-hydrogen) atoms. The van der Waals surface area contributed by atoms with Crippen LogP contribution in [-0.4, -0.2) is 34.8 Å². The number of carbonyl (C=O) groups is 2. The fourth-order valence-electron chi connectivity index (χ4n) is 2.92. The Bertz CT molecular complexity index is 1110. The van der Waals surface area contributed by atoms with E-state index in [0.29, 0.717) is 18.1 Å². The highest BCUT2D eigenvalue weighted by Crippen LogP contribution is 2.27. The van der Waals surface area contributed by atoms with Crippen LogP contribution in [0.25, 0.3) is 11.3 Å². The van der Waals surface area contributed by atoms with Gasteiger partial charge in [-0.25, -0.2) is 23.8 Å². The molecule has 0 aliphatic rings. The van der Waals surface area contributed by atoms with Gasteiger partial charge in [0.25, 0.3) is 0 Å². The normalized spacial score (nSPS) is 10.6. The van der Waals surface area contributed by atoms with Crippen molar-refractivity contribution in [1.29, 1.82) is 0 Å². The molecule has 12 heteroatoms. The second kappa shape index (κ2) is 19.7. The van der Waals surface area contributed by atoms with E-state index >= 15 is 0 Å². The molecule has 0 fully saturated rings. The number of anilines is 1. The van der Waals surface area contributed by atoms with Crippen LogP contribution in [0.1, 0.15) is 45.1 Å². The van der Waals surface area contributed by atoms with Crippen molar-refractivity contribution in [2.45, 2.75) is 46.1 Å². The van der Waals surface area contributed by atoms with Gasteiger partial charge >= 0.3 is 6.09 Å². The number of methoxy groups -OCH3 is 1. The number of nitrogens with one attached hydrogen (secondary N) is 2. The molecule has 2 aromatic carbocycles. The zero-order chi connectivity index (χ0) is 28.2. The van der Waals surface area contributed by atoms with Crippen molar-refractivity contribution in [2.75, 3.05) is 19.0 Å². The number of amides is 2. The van der Waals surface area contributed by atoms with Gasteiger partial charge in [-0.2, -0.15) is 0 Å². The summed E-state index contributed by atoms with van der Waals surface area (Å²) >= 11 is -0.0710. The Morgan fingerprint density at radius 2 is 1.79 bits per heavy atom. The molecule has 6 N–H and O–H groups in total. The van der Waals surface area contributed by atoms with Crippen LogP contribution in [0.3, 0.4) is 0 Å². The number of unbranched alkanes of at least 4 members (excludes halogenated alkanes) is 2.